The predicted molar refractivity (Wildman–Crippen MR) is 63.7 cm³/mol. The van der Waals surface area contributed by atoms with E-state index in [1.807, 2.05) is 18.2 Å². The molecular weight excluding hydrogens is 272 g/mol. The fraction of sp³-hybridized carbons (Fsp3) is 0.182. The zero-order chi connectivity index (χ0) is 11.5. The minimum Gasteiger partial charge on any atom is -0.497 e. The molecule has 4 nitrogen and oxygen atoms in total. The largest absolute Gasteiger partial charge is 0.497 e. The molecule has 0 atom stereocenters. The molecule has 1 aromatic heterocycles. The molecule has 0 amide bonds. The lowest BCUT2D eigenvalue weighted by Crippen LogP contribution is -1.96. The van der Waals surface area contributed by atoms with Gasteiger partial charge in [-0.1, -0.05) is 0 Å². The van der Waals surface area contributed by atoms with Crippen molar-refractivity contribution in [2.75, 3.05) is 7.11 Å². The van der Waals surface area contributed by atoms with E-state index in [2.05, 4.69) is 21.0 Å². The van der Waals surface area contributed by atoms with Gasteiger partial charge in [0.05, 0.1) is 25.6 Å². The van der Waals surface area contributed by atoms with Gasteiger partial charge in [-0.25, -0.2) is 4.68 Å². The molecule has 16 heavy (non-hydrogen) atoms. The van der Waals surface area contributed by atoms with Crippen LogP contribution in [0.2, 0.25) is 0 Å². The van der Waals surface area contributed by atoms with Crippen molar-refractivity contribution in [3.63, 3.8) is 0 Å². The highest BCUT2D eigenvalue weighted by atomic mass is 79.9. The van der Waals surface area contributed by atoms with Gasteiger partial charge >= 0.3 is 0 Å². The number of aromatic nitrogens is 2. The Labute approximate surface area is 102 Å². The third kappa shape index (κ3) is 2.10. The van der Waals surface area contributed by atoms with E-state index in [1.165, 1.54) is 0 Å². The van der Waals surface area contributed by atoms with Gasteiger partial charge in [-0.15, -0.1) is 0 Å². The molecule has 0 saturated heterocycles. The average molecular weight is 283 g/mol. The Morgan fingerprint density at radius 2 is 2.31 bits per heavy atom. The molecule has 2 rings (SSSR count). The summed E-state index contributed by atoms with van der Waals surface area (Å²) in [6.07, 6.45) is 3.42. The normalized spacial score (nSPS) is 10.4. The summed E-state index contributed by atoms with van der Waals surface area (Å²) in [4.78, 5) is 0. The fourth-order valence-corrected chi connectivity index (χ4v) is 1.91. The van der Waals surface area contributed by atoms with Gasteiger partial charge in [-0.3, -0.25) is 0 Å². The van der Waals surface area contributed by atoms with Crippen LogP contribution in [-0.2, 0) is 6.61 Å². The number of hydrogen-bond donors (Lipinski definition) is 1. The number of benzene rings is 1. The topological polar surface area (TPSA) is 47.3 Å². The van der Waals surface area contributed by atoms with E-state index in [4.69, 9.17) is 9.84 Å². The quantitative estimate of drug-likeness (QED) is 0.938. The molecule has 1 heterocycles. The van der Waals surface area contributed by atoms with E-state index >= 15 is 0 Å². The summed E-state index contributed by atoms with van der Waals surface area (Å²) in [5.41, 5.74) is 1.68. The molecule has 5 heteroatoms. The maximum absolute atomic E-state index is 8.96. The Morgan fingerprint density at radius 3 is 2.88 bits per heavy atom. The molecule has 0 unspecified atom stereocenters. The fourth-order valence-electron chi connectivity index (χ4n) is 1.37. The average Bonchev–Trinajstić information content (AvgIpc) is 2.77. The van der Waals surface area contributed by atoms with Crippen molar-refractivity contribution < 1.29 is 9.84 Å². The zero-order valence-corrected chi connectivity index (χ0v) is 10.3. The number of aliphatic hydroxyl groups is 1. The van der Waals surface area contributed by atoms with Crippen molar-refractivity contribution in [1.82, 2.24) is 9.78 Å². The first-order valence-electron chi connectivity index (χ1n) is 4.73. The summed E-state index contributed by atoms with van der Waals surface area (Å²) >= 11 is 3.45. The third-order valence-corrected chi connectivity index (χ3v) is 2.86. The lowest BCUT2D eigenvalue weighted by Gasteiger charge is -2.06. The predicted octanol–water partition coefficient (Wildman–Crippen LogP) is 2.14. The van der Waals surface area contributed by atoms with E-state index in [1.54, 1.807) is 24.2 Å². The summed E-state index contributed by atoms with van der Waals surface area (Å²) < 4.78 is 7.70. The van der Waals surface area contributed by atoms with Gasteiger partial charge in [-0.2, -0.15) is 5.10 Å². The molecule has 0 radical (unpaired) electrons. The highest BCUT2D eigenvalue weighted by Gasteiger charge is 2.05. The van der Waals surface area contributed by atoms with Crippen LogP contribution in [0.3, 0.4) is 0 Å². The van der Waals surface area contributed by atoms with Crippen LogP contribution in [0.15, 0.2) is 35.1 Å². The van der Waals surface area contributed by atoms with Gasteiger partial charge in [0.15, 0.2) is 0 Å². The highest BCUT2D eigenvalue weighted by molar-refractivity contribution is 9.10. The van der Waals surface area contributed by atoms with E-state index in [9.17, 15) is 0 Å². The molecule has 1 N–H and O–H groups in total. The Kier molecular flexibility index (Phi) is 3.26. The molecule has 0 bridgehead atoms. The van der Waals surface area contributed by atoms with Crippen LogP contribution in [0.4, 0.5) is 0 Å². The molecule has 0 saturated carbocycles. The molecule has 0 fully saturated rings. The number of rotatable bonds is 3. The Morgan fingerprint density at radius 1 is 1.50 bits per heavy atom. The summed E-state index contributed by atoms with van der Waals surface area (Å²) in [5.74, 6) is 0.783. The lowest BCUT2D eigenvalue weighted by molar-refractivity contribution is 0.282. The first-order valence-corrected chi connectivity index (χ1v) is 5.52. The first-order chi connectivity index (χ1) is 7.74. The van der Waals surface area contributed by atoms with Crippen LogP contribution in [0.1, 0.15) is 5.56 Å². The van der Waals surface area contributed by atoms with Crippen molar-refractivity contribution in [3.05, 3.63) is 40.6 Å². The van der Waals surface area contributed by atoms with Crippen LogP contribution in [0, 0.1) is 0 Å². The van der Waals surface area contributed by atoms with Crippen molar-refractivity contribution in [3.8, 4) is 11.4 Å². The molecule has 1 aromatic carbocycles. The minimum atomic E-state index is -0.00618. The lowest BCUT2D eigenvalue weighted by atomic mass is 10.3. The monoisotopic (exact) mass is 282 g/mol. The van der Waals surface area contributed by atoms with E-state index in [0.29, 0.717) is 0 Å². The zero-order valence-electron chi connectivity index (χ0n) is 8.72. The van der Waals surface area contributed by atoms with Crippen molar-refractivity contribution in [2.45, 2.75) is 6.61 Å². The van der Waals surface area contributed by atoms with Gasteiger partial charge in [0.1, 0.15) is 5.75 Å². The Bertz CT molecular complexity index is 496. The van der Waals surface area contributed by atoms with E-state index in [0.717, 1.165) is 21.5 Å². The summed E-state index contributed by atoms with van der Waals surface area (Å²) in [7, 11) is 1.62. The standard InChI is InChI=1S/C11H11BrN2O2/c1-16-9-2-3-11(10(12)4-9)14-6-8(7-15)5-13-14/h2-6,15H,7H2,1H3. The van der Waals surface area contributed by atoms with Crippen LogP contribution < -0.4 is 4.74 Å². The highest BCUT2D eigenvalue weighted by Crippen LogP contribution is 2.25. The summed E-state index contributed by atoms with van der Waals surface area (Å²) in [6.45, 7) is -0.00618. The smallest absolute Gasteiger partial charge is 0.120 e. The van der Waals surface area contributed by atoms with Gasteiger partial charge in [0, 0.05) is 16.2 Å². The van der Waals surface area contributed by atoms with Crippen LogP contribution in [-0.4, -0.2) is 22.0 Å². The number of methoxy groups -OCH3 is 1. The SMILES string of the molecule is COc1ccc(-n2cc(CO)cn2)c(Br)c1. The van der Waals surface area contributed by atoms with Crippen molar-refractivity contribution in [2.24, 2.45) is 0 Å². The van der Waals surface area contributed by atoms with Gasteiger partial charge in [0.2, 0.25) is 0 Å². The molecule has 2 aromatic rings. The Balaban J connectivity index is 2.40. The van der Waals surface area contributed by atoms with Crippen LogP contribution in [0.5, 0.6) is 5.75 Å². The van der Waals surface area contributed by atoms with Crippen molar-refractivity contribution in [1.29, 1.82) is 0 Å². The maximum atomic E-state index is 8.96. The second-order valence-corrected chi connectivity index (χ2v) is 4.12. The first kappa shape index (κ1) is 11.2. The van der Waals surface area contributed by atoms with Crippen LogP contribution in [0.25, 0.3) is 5.69 Å². The number of halogens is 1. The third-order valence-electron chi connectivity index (χ3n) is 2.22. The number of hydrogen-bond acceptors (Lipinski definition) is 3. The van der Waals surface area contributed by atoms with Gasteiger partial charge < -0.3 is 9.84 Å². The molecule has 0 aliphatic heterocycles. The summed E-state index contributed by atoms with van der Waals surface area (Å²) in [6, 6.07) is 5.63. The molecule has 0 spiro atoms. The molecular formula is C11H11BrN2O2. The maximum Gasteiger partial charge on any atom is 0.120 e. The molecule has 0 aliphatic rings. The van der Waals surface area contributed by atoms with Crippen molar-refractivity contribution >= 4 is 15.9 Å². The van der Waals surface area contributed by atoms with E-state index < -0.39 is 0 Å². The van der Waals surface area contributed by atoms with Gasteiger partial charge in [0.25, 0.3) is 0 Å². The number of nitrogens with zero attached hydrogens (tertiary/aromatic N) is 2. The van der Waals surface area contributed by atoms with Crippen LogP contribution >= 0.6 is 15.9 Å². The van der Waals surface area contributed by atoms with Gasteiger partial charge in [-0.05, 0) is 34.1 Å². The number of aliphatic hydroxyl groups excluding tert-OH is 1. The molecule has 84 valence electrons. The van der Waals surface area contributed by atoms with E-state index in [-0.39, 0.29) is 6.61 Å². The Hall–Kier alpha value is -1.33. The number of ether oxygens (including phenoxy) is 1. The minimum absolute atomic E-state index is 0.00618. The second kappa shape index (κ2) is 4.67. The summed E-state index contributed by atoms with van der Waals surface area (Å²) in [5, 5.41) is 13.1. The second-order valence-electron chi connectivity index (χ2n) is 3.27. The molecule has 0 aliphatic carbocycles.